The second-order valence-corrected chi connectivity index (χ2v) is 7.79. The van der Waals surface area contributed by atoms with E-state index in [4.69, 9.17) is 4.74 Å². The van der Waals surface area contributed by atoms with E-state index in [2.05, 4.69) is 10.3 Å². The highest BCUT2D eigenvalue weighted by molar-refractivity contribution is 5.35. The van der Waals surface area contributed by atoms with E-state index in [1.54, 1.807) is 6.20 Å². The Morgan fingerprint density at radius 3 is 2.63 bits per heavy atom. The number of nitrogens with zero attached hydrogens (tertiary/aromatic N) is 1. The average molecular weight is 376 g/mol. The van der Waals surface area contributed by atoms with Crippen LogP contribution in [0.3, 0.4) is 0 Å². The van der Waals surface area contributed by atoms with Crippen molar-refractivity contribution in [3.63, 3.8) is 0 Å². The quantitative estimate of drug-likeness (QED) is 0.726. The molecule has 0 bridgehead atoms. The number of nitrogens with one attached hydrogen (secondary N) is 1. The van der Waals surface area contributed by atoms with Gasteiger partial charge in [0.1, 0.15) is 5.75 Å². The molecule has 1 aromatic heterocycles. The first-order valence-corrected chi connectivity index (χ1v) is 9.46. The number of ether oxygens (including phenoxy) is 1. The molecule has 2 aliphatic carbocycles. The fraction of sp³-hybridized carbons (Fsp3) is 0.476. The lowest BCUT2D eigenvalue weighted by atomic mass is 9.64. The zero-order valence-electron chi connectivity index (χ0n) is 15.1. The Morgan fingerprint density at radius 2 is 1.89 bits per heavy atom. The number of hydrogen-bond donors (Lipinski definition) is 1. The van der Waals surface area contributed by atoms with Crippen LogP contribution in [0.2, 0.25) is 0 Å². The molecule has 1 heterocycles. The minimum absolute atomic E-state index is 0.137. The van der Waals surface area contributed by atoms with Gasteiger partial charge in [0.15, 0.2) is 0 Å². The van der Waals surface area contributed by atoms with Crippen LogP contribution in [0.5, 0.6) is 11.6 Å². The highest BCUT2D eigenvalue weighted by Gasteiger charge is 2.45. The molecule has 6 heteroatoms. The van der Waals surface area contributed by atoms with E-state index in [1.165, 1.54) is 50.7 Å². The van der Waals surface area contributed by atoms with Gasteiger partial charge in [-0.2, -0.15) is 13.2 Å². The van der Waals surface area contributed by atoms with Crippen LogP contribution in [0.25, 0.3) is 0 Å². The summed E-state index contributed by atoms with van der Waals surface area (Å²) in [6.45, 7) is 0.600. The molecule has 27 heavy (non-hydrogen) atoms. The van der Waals surface area contributed by atoms with Crippen molar-refractivity contribution in [3.8, 4) is 11.6 Å². The van der Waals surface area contributed by atoms with Crippen LogP contribution in [0.1, 0.15) is 49.7 Å². The van der Waals surface area contributed by atoms with Crippen molar-refractivity contribution in [1.29, 1.82) is 0 Å². The van der Waals surface area contributed by atoms with E-state index >= 15 is 0 Å². The summed E-state index contributed by atoms with van der Waals surface area (Å²) in [7, 11) is 0. The van der Waals surface area contributed by atoms with E-state index in [0.717, 1.165) is 17.7 Å². The zero-order valence-corrected chi connectivity index (χ0v) is 15.1. The summed E-state index contributed by atoms with van der Waals surface area (Å²) < 4.78 is 44.3. The van der Waals surface area contributed by atoms with Crippen molar-refractivity contribution in [2.45, 2.75) is 57.3 Å². The van der Waals surface area contributed by atoms with Gasteiger partial charge in [0, 0.05) is 24.3 Å². The Hall–Kier alpha value is -2.08. The highest BCUT2D eigenvalue weighted by Crippen LogP contribution is 2.53. The van der Waals surface area contributed by atoms with Crippen molar-refractivity contribution in [3.05, 3.63) is 53.7 Å². The number of halogens is 3. The van der Waals surface area contributed by atoms with E-state index < -0.39 is 11.7 Å². The van der Waals surface area contributed by atoms with Gasteiger partial charge in [-0.1, -0.05) is 25.0 Å². The van der Waals surface area contributed by atoms with Crippen molar-refractivity contribution < 1.29 is 17.9 Å². The molecule has 4 rings (SSSR count). The van der Waals surface area contributed by atoms with Gasteiger partial charge in [0.25, 0.3) is 0 Å². The van der Waals surface area contributed by atoms with Crippen molar-refractivity contribution >= 4 is 0 Å². The van der Waals surface area contributed by atoms with Crippen LogP contribution in [-0.4, -0.2) is 11.0 Å². The maximum Gasteiger partial charge on any atom is 0.416 e. The summed E-state index contributed by atoms with van der Waals surface area (Å²) in [5.74, 6) is 0.484. The smallest absolute Gasteiger partial charge is 0.416 e. The van der Waals surface area contributed by atoms with Gasteiger partial charge in [-0.25, -0.2) is 4.98 Å². The number of alkyl halides is 3. The molecular weight excluding hydrogens is 353 g/mol. The van der Waals surface area contributed by atoms with Gasteiger partial charge < -0.3 is 10.1 Å². The first-order chi connectivity index (χ1) is 12.9. The first-order valence-electron chi connectivity index (χ1n) is 9.46. The molecule has 0 atom stereocenters. The Bertz CT molecular complexity index is 792. The molecule has 0 amide bonds. The molecule has 0 unspecified atom stereocenters. The molecule has 144 valence electrons. The summed E-state index contributed by atoms with van der Waals surface area (Å²) in [6.07, 6.45) is 5.03. The monoisotopic (exact) mass is 376 g/mol. The normalized spacial score (nSPS) is 19.2. The maximum atomic E-state index is 12.9. The minimum Gasteiger partial charge on any atom is -0.439 e. The Labute approximate surface area is 157 Å². The van der Waals surface area contributed by atoms with E-state index in [-0.39, 0.29) is 5.75 Å². The third-order valence-electron chi connectivity index (χ3n) is 5.83. The van der Waals surface area contributed by atoms with Gasteiger partial charge in [0.05, 0.1) is 5.56 Å². The highest BCUT2D eigenvalue weighted by atomic mass is 19.4. The summed E-state index contributed by atoms with van der Waals surface area (Å²) in [6, 6.07) is 9.10. The second-order valence-electron chi connectivity index (χ2n) is 7.79. The fourth-order valence-electron chi connectivity index (χ4n) is 4.42. The third kappa shape index (κ3) is 4.10. The Balaban J connectivity index is 1.40. The first kappa shape index (κ1) is 18.3. The number of hydrogen-bond acceptors (Lipinski definition) is 3. The predicted molar refractivity (Wildman–Crippen MR) is 96.5 cm³/mol. The van der Waals surface area contributed by atoms with Crippen molar-refractivity contribution in [2.24, 2.45) is 5.41 Å². The zero-order chi connectivity index (χ0) is 18.9. The molecule has 2 aromatic rings. The molecule has 1 spiro atoms. The van der Waals surface area contributed by atoms with Gasteiger partial charge in [0.2, 0.25) is 5.88 Å². The number of benzene rings is 1. The Kier molecular flexibility index (Phi) is 4.84. The summed E-state index contributed by atoms with van der Waals surface area (Å²) in [5.41, 5.74) is 0.693. The summed E-state index contributed by atoms with van der Waals surface area (Å²) in [5, 5.41) is 3.55. The van der Waals surface area contributed by atoms with Crippen molar-refractivity contribution in [1.82, 2.24) is 10.3 Å². The average Bonchev–Trinajstić information content (AvgIpc) is 3.10. The summed E-state index contributed by atoms with van der Waals surface area (Å²) in [4.78, 5) is 4.22. The molecule has 2 fully saturated rings. The number of rotatable bonds is 5. The lowest BCUT2D eigenvalue weighted by molar-refractivity contribution is -0.137. The van der Waals surface area contributed by atoms with Gasteiger partial charge >= 0.3 is 6.18 Å². The standard InChI is InChI=1S/C21H23F3N2O/c22-21(23,24)16-6-3-7-18(11-16)27-19-15(5-4-10-25-19)14-26-17-12-20(13-17)8-1-2-9-20/h3-7,10-11,17,26H,1-2,8-9,12-14H2. The van der Waals surface area contributed by atoms with Gasteiger partial charge in [-0.15, -0.1) is 0 Å². The lowest BCUT2D eigenvalue weighted by Crippen LogP contribution is -2.47. The molecular formula is C21H23F3N2O. The lowest BCUT2D eigenvalue weighted by Gasteiger charge is -2.46. The SMILES string of the molecule is FC(F)(F)c1cccc(Oc2ncccc2CNC2CC3(CCCC3)C2)c1. The third-order valence-corrected chi connectivity index (χ3v) is 5.83. The van der Waals surface area contributed by atoms with Crippen LogP contribution in [0, 0.1) is 5.41 Å². The van der Waals surface area contributed by atoms with Crippen LogP contribution in [0.15, 0.2) is 42.6 Å². The maximum absolute atomic E-state index is 12.9. The molecule has 2 saturated carbocycles. The summed E-state index contributed by atoms with van der Waals surface area (Å²) >= 11 is 0. The fourth-order valence-corrected chi connectivity index (χ4v) is 4.42. The topological polar surface area (TPSA) is 34.1 Å². The van der Waals surface area contributed by atoms with Crippen LogP contribution < -0.4 is 10.1 Å². The molecule has 0 aliphatic heterocycles. The van der Waals surface area contributed by atoms with Crippen molar-refractivity contribution in [2.75, 3.05) is 0 Å². The number of aromatic nitrogens is 1. The predicted octanol–water partition coefficient (Wildman–Crippen LogP) is 5.71. The van der Waals surface area contributed by atoms with Gasteiger partial charge in [-0.3, -0.25) is 0 Å². The molecule has 1 N–H and O–H groups in total. The Morgan fingerprint density at radius 1 is 1.11 bits per heavy atom. The number of pyridine rings is 1. The van der Waals surface area contributed by atoms with E-state index in [1.807, 2.05) is 12.1 Å². The molecule has 1 aromatic carbocycles. The van der Waals surface area contributed by atoms with E-state index in [9.17, 15) is 13.2 Å². The van der Waals surface area contributed by atoms with Crippen LogP contribution in [-0.2, 0) is 12.7 Å². The second kappa shape index (κ2) is 7.15. The molecule has 0 radical (unpaired) electrons. The van der Waals surface area contributed by atoms with Crippen LogP contribution in [0.4, 0.5) is 13.2 Å². The van der Waals surface area contributed by atoms with Gasteiger partial charge in [-0.05, 0) is 55.4 Å². The molecule has 2 aliphatic rings. The molecule has 0 saturated heterocycles. The largest absolute Gasteiger partial charge is 0.439 e. The van der Waals surface area contributed by atoms with Crippen LogP contribution >= 0.6 is 0 Å². The van der Waals surface area contributed by atoms with E-state index in [0.29, 0.717) is 23.9 Å². The minimum atomic E-state index is -4.39. The molecule has 3 nitrogen and oxygen atoms in total.